The Balaban J connectivity index is 1.45. The van der Waals surface area contributed by atoms with E-state index in [0.29, 0.717) is 42.8 Å². The number of hydrogen-bond donors (Lipinski definition) is 1. The van der Waals surface area contributed by atoms with Gasteiger partial charge in [-0.1, -0.05) is 85.1 Å². The summed E-state index contributed by atoms with van der Waals surface area (Å²) >= 11 is 14.5. The van der Waals surface area contributed by atoms with Crippen LogP contribution in [0.1, 0.15) is 24.3 Å². The maximum atomic E-state index is 13.9. The first-order chi connectivity index (χ1) is 19.8. The number of furan rings is 1. The molecule has 10 heteroatoms. The van der Waals surface area contributed by atoms with Crippen LogP contribution in [-0.2, 0) is 4.79 Å². The van der Waals surface area contributed by atoms with Crippen LogP contribution in [-0.4, -0.2) is 10.5 Å². The SMILES string of the molecule is CC1=C(C(=O)Nc2ccccc2)[C@H](c2ccc(Cl)cc2)n2c(s/c(=C/c3ccc(-c4cc(Br)ccc4Br)o3)c2=O)=N1. The number of anilines is 1. The minimum atomic E-state index is -0.695. The third-order valence-electron chi connectivity index (χ3n) is 6.58. The Morgan fingerprint density at radius 2 is 1.80 bits per heavy atom. The summed E-state index contributed by atoms with van der Waals surface area (Å²) in [6, 6.07) is 25.2. The van der Waals surface area contributed by atoms with Crippen LogP contribution >= 0.6 is 54.8 Å². The molecule has 1 atom stereocenters. The number of nitrogens with one attached hydrogen (secondary N) is 1. The standard InChI is InChI=1S/C31H20Br2ClN3O3S/c1-17-27(29(38)36-21-5-3-2-4-6-21)28(18-7-10-20(34)11-8-18)37-30(39)26(41-31(37)35-17)16-22-12-14-25(40-22)23-15-19(32)9-13-24(23)33/h2-16,28H,1H3,(H,36,38)/b26-16+/t28-/m0/s1. The Morgan fingerprint density at radius 1 is 1.05 bits per heavy atom. The summed E-state index contributed by atoms with van der Waals surface area (Å²) in [5.41, 5.74) is 2.92. The molecule has 0 spiro atoms. The molecule has 204 valence electrons. The Morgan fingerprint density at radius 3 is 2.56 bits per heavy atom. The molecule has 3 heterocycles. The number of para-hydroxylation sites is 1. The molecule has 1 amide bonds. The monoisotopic (exact) mass is 707 g/mol. The molecule has 2 aromatic heterocycles. The number of rotatable bonds is 5. The quantitative estimate of drug-likeness (QED) is 0.208. The minimum absolute atomic E-state index is 0.271. The molecule has 41 heavy (non-hydrogen) atoms. The van der Waals surface area contributed by atoms with Gasteiger partial charge in [0.1, 0.15) is 11.5 Å². The molecule has 0 fully saturated rings. The van der Waals surface area contributed by atoms with Gasteiger partial charge in [-0.05, 0) is 67.1 Å². The topological polar surface area (TPSA) is 76.6 Å². The minimum Gasteiger partial charge on any atom is -0.457 e. The Bertz CT molecular complexity index is 2010. The summed E-state index contributed by atoms with van der Waals surface area (Å²) < 4.78 is 9.92. The molecule has 0 saturated carbocycles. The van der Waals surface area contributed by atoms with Crippen LogP contribution in [0.25, 0.3) is 17.4 Å². The lowest BCUT2D eigenvalue weighted by Gasteiger charge is -2.25. The highest BCUT2D eigenvalue weighted by Crippen LogP contribution is 2.33. The van der Waals surface area contributed by atoms with Gasteiger partial charge < -0.3 is 9.73 Å². The van der Waals surface area contributed by atoms with E-state index < -0.39 is 6.04 Å². The summed E-state index contributed by atoms with van der Waals surface area (Å²) in [7, 11) is 0. The zero-order chi connectivity index (χ0) is 28.7. The van der Waals surface area contributed by atoms with Gasteiger partial charge in [-0.15, -0.1) is 0 Å². The normalized spacial score (nSPS) is 15.0. The van der Waals surface area contributed by atoms with Crippen LogP contribution in [0.3, 0.4) is 0 Å². The number of amides is 1. The summed E-state index contributed by atoms with van der Waals surface area (Å²) in [4.78, 5) is 32.8. The average Bonchev–Trinajstić information content (AvgIpc) is 3.54. The highest BCUT2D eigenvalue weighted by atomic mass is 79.9. The number of aromatic nitrogens is 1. The van der Waals surface area contributed by atoms with Crippen molar-refractivity contribution >= 4 is 72.5 Å². The number of hydrogen-bond acceptors (Lipinski definition) is 5. The van der Waals surface area contributed by atoms with E-state index >= 15 is 0 Å². The predicted molar refractivity (Wildman–Crippen MR) is 170 cm³/mol. The molecule has 6 nitrogen and oxygen atoms in total. The van der Waals surface area contributed by atoms with E-state index in [0.717, 1.165) is 20.1 Å². The first-order valence-electron chi connectivity index (χ1n) is 12.5. The van der Waals surface area contributed by atoms with Gasteiger partial charge in [0.25, 0.3) is 11.5 Å². The number of fused-ring (bicyclic) bond motifs is 1. The summed E-state index contributed by atoms with van der Waals surface area (Å²) in [5, 5.41) is 3.51. The molecule has 0 unspecified atom stereocenters. The third kappa shape index (κ3) is 5.55. The van der Waals surface area contributed by atoms with E-state index in [1.165, 1.54) is 11.3 Å². The number of thiazole rings is 1. The smallest absolute Gasteiger partial charge is 0.271 e. The first-order valence-corrected chi connectivity index (χ1v) is 15.3. The van der Waals surface area contributed by atoms with Crippen molar-refractivity contribution in [2.75, 3.05) is 5.32 Å². The summed E-state index contributed by atoms with van der Waals surface area (Å²) in [6.45, 7) is 1.79. The lowest BCUT2D eigenvalue weighted by molar-refractivity contribution is -0.113. The van der Waals surface area contributed by atoms with E-state index in [9.17, 15) is 9.59 Å². The number of halogens is 3. The molecular formula is C31H20Br2ClN3O3S. The van der Waals surface area contributed by atoms with Crippen molar-refractivity contribution in [3.05, 3.63) is 141 Å². The van der Waals surface area contributed by atoms with Crippen molar-refractivity contribution in [1.29, 1.82) is 0 Å². The van der Waals surface area contributed by atoms with Gasteiger partial charge in [-0.3, -0.25) is 14.2 Å². The summed E-state index contributed by atoms with van der Waals surface area (Å²) in [5.74, 6) is 0.854. The van der Waals surface area contributed by atoms with Crippen LogP contribution < -0.4 is 20.2 Å². The van der Waals surface area contributed by atoms with Crippen molar-refractivity contribution in [3.63, 3.8) is 0 Å². The van der Waals surface area contributed by atoms with Crippen LogP contribution in [0.4, 0.5) is 5.69 Å². The van der Waals surface area contributed by atoms with Crippen molar-refractivity contribution in [2.45, 2.75) is 13.0 Å². The third-order valence-corrected chi connectivity index (χ3v) is 9.00. The molecule has 1 aliphatic heterocycles. The molecule has 0 bridgehead atoms. The largest absolute Gasteiger partial charge is 0.457 e. The van der Waals surface area contributed by atoms with Crippen molar-refractivity contribution < 1.29 is 9.21 Å². The Hall–Kier alpha value is -3.50. The zero-order valence-electron chi connectivity index (χ0n) is 21.4. The number of benzene rings is 3. The molecule has 1 aliphatic rings. The fourth-order valence-corrected chi connectivity index (χ4v) is 6.64. The van der Waals surface area contributed by atoms with Gasteiger partial charge in [-0.2, -0.15) is 0 Å². The molecule has 0 radical (unpaired) electrons. The second kappa shape index (κ2) is 11.4. The molecular weight excluding hydrogens is 690 g/mol. The fraction of sp³-hybridized carbons (Fsp3) is 0.0645. The number of carbonyl (C=O) groups excluding carboxylic acids is 1. The maximum Gasteiger partial charge on any atom is 0.271 e. The molecule has 5 aromatic rings. The lowest BCUT2D eigenvalue weighted by Crippen LogP contribution is -2.40. The van der Waals surface area contributed by atoms with E-state index in [4.69, 9.17) is 21.0 Å². The van der Waals surface area contributed by atoms with Crippen LogP contribution in [0.5, 0.6) is 0 Å². The van der Waals surface area contributed by atoms with Crippen LogP contribution in [0, 0.1) is 0 Å². The van der Waals surface area contributed by atoms with E-state index in [-0.39, 0.29) is 11.5 Å². The lowest BCUT2D eigenvalue weighted by atomic mass is 9.95. The number of allylic oxidation sites excluding steroid dienone is 1. The van der Waals surface area contributed by atoms with Crippen molar-refractivity contribution in [1.82, 2.24) is 4.57 Å². The van der Waals surface area contributed by atoms with Gasteiger partial charge in [0.2, 0.25) is 0 Å². The highest BCUT2D eigenvalue weighted by molar-refractivity contribution is 9.11. The second-order valence-electron chi connectivity index (χ2n) is 9.28. The van der Waals surface area contributed by atoms with E-state index in [1.54, 1.807) is 29.7 Å². The molecule has 1 N–H and O–H groups in total. The maximum absolute atomic E-state index is 13.9. The molecule has 0 aliphatic carbocycles. The predicted octanol–water partition coefficient (Wildman–Crippen LogP) is 7.31. The van der Waals surface area contributed by atoms with Gasteiger partial charge in [0, 0.05) is 31.3 Å². The average molecular weight is 710 g/mol. The van der Waals surface area contributed by atoms with Gasteiger partial charge in [0.15, 0.2) is 4.80 Å². The highest BCUT2D eigenvalue weighted by Gasteiger charge is 2.32. The molecule has 6 rings (SSSR count). The van der Waals surface area contributed by atoms with Gasteiger partial charge >= 0.3 is 0 Å². The van der Waals surface area contributed by atoms with Crippen LogP contribution in [0.2, 0.25) is 5.02 Å². The van der Waals surface area contributed by atoms with Crippen molar-refractivity contribution in [3.8, 4) is 11.3 Å². The zero-order valence-corrected chi connectivity index (χ0v) is 26.1. The van der Waals surface area contributed by atoms with Gasteiger partial charge in [-0.25, -0.2) is 4.99 Å². The summed E-state index contributed by atoms with van der Waals surface area (Å²) in [6.07, 6.45) is 1.71. The molecule has 3 aromatic carbocycles. The second-order valence-corrected chi connectivity index (χ2v) is 12.5. The number of nitrogens with zero attached hydrogens (tertiary/aromatic N) is 2. The van der Waals surface area contributed by atoms with Crippen LogP contribution in [0.15, 0.2) is 119 Å². The van der Waals surface area contributed by atoms with E-state index in [1.807, 2.05) is 72.8 Å². The Kier molecular flexibility index (Phi) is 7.70. The van der Waals surface area contributed by atoms with E-state index in [2.05, 4.69) is 37.2 Å². The van der Waals surface area contributed by atoms with Crippen molar-refractivity contribution in [2.24, 2.45) is 4.99 Å². The number of carbonyl (C=O) groups is 1. The fourth-order valence-electron chi connectivity index (χ4n) is 4.68. The van der Waals surface area contributed by atoms with Gasteiger partial charge in [0.05, 0.1) is 21.8 Å². The molecule has 0 saturated heterocycles. The Labute approximate surface area is 260 Å². The first kappa shape index (κ1) is 27.7.